The standard InChI is InChI=1S/C12H24O4.C7H8O2/c1-6-8-9-12(7-2,10(13)14)16-15-11(3,4)5;1-6-3-2-4-7(5-6)9-8/h6-9H2,1-5H3,(H,13,14);2-5,8H,1H3. The molecule has 0 aliphatic carbocycles. The zero-order valence-electron chi connectivity index (χ0n) is 16.2. The van der Waals surface area contributed by atoms with Crippen molar-refractivity contribution in [3.05, 3.63) is 29.8 Å². The van der Waals surface area contributed by atoms with Crippen LogP contribution >= 0.6 is 0 Å². The molecular weight excluding hydrogens is 324 g/mol. The summed E-state index contributed by atoms with van der Waals surface area (Å²) in [6.07, 6.45) is 2.63. The van der Waals surface area contributed by atoms with Crippen LogP contribution in [0.25, 0.3) is 0 Å². The van der Waals surface area contributed by atoms with Gasteiger partial charge in [-0.05, 0) is 58.2 Å². The lowest BCUT2D eigenvalue weighted by Crippen LogP contribution is -2.43. The first-order chi connectivity index (χ1) is 11.6. The lowest BCUT2D eigenvalue weighted by Gasteiger charge is -2.30. The number of hydrogen-bond acceptors (Lipinski definition) is 5. The van der Waals surface area contributed by atoms with E-state index < -0.39 is 17.2 Å². The fourth-order valence-electron chi connectivity index (χ4n) is 1.91. The van der Waals surface area contributed by atoms with Crippen molar-refractivity contribution in [3.8, 4) is 5.75 Å². The highest BCUT2D eigenvalue weighted by molar-refractivity contribution is 5.77. The smallest absolute Gasteiger partial charge is 0.339 e. The average Bonchev–Trinajstić information content (AvgIpc) is 2.55. The van der Waals surface area contributed by atoms with Crippen LogP contribution in [0.5, 0.6) is 5.75 Å². The molecule has 0 saturated heterocycles. The van der Waals surface area contributed by atoms with Crippen molar-refractivity contribution in [1.29, 1.82) is 0 Å². The fraction of sp³-hybridized carbons (Fsp3) is 0.632. The molecule has 0 aliphatic rings. The summed E-state index contributed by atoms with van der Waals surface area (Å²) in [7, 11) is 0. The molecule has 1 rings (SSSR count). The molecule has 144 valence electrons. The maximum absolute atomic E-state index is 11.3. The van der Waals surface area contributed by atoms with Crippen LogP contribution in [0.4, 0.5) is 0 Å². The highest BCUT2D eigenvalue weighted by atomic mass is 17.2. The van der Waals surface area contributed by atoms with Crippen molar-refractivity contribution in [2.24, 2.45) is 0 Å². The molecule has 1 unspecified atom stereocenters. The second-order valence-electron chi connectivity index (χ2n) is 6.94. The van der Waals surface area contributed by atoms with E-state index in [9.17, 15) is 9.90 Å². The monoisotopic (exact) mass is 356 g/mol. The number of unbranched alkanes of at least 4 members (excludes halogenated alkanes) is 1. The van der Waals surface area contributed by atoms with E-state index in [1.165, 1.54) is 0 Å². The minimum Gasteiger partial charge on any atom is -0.479 e. The number of carboxylic acids is 1. The highest BCUT2D eigenvalue weighted by Gasteiger charge is 2.40. The summed E-state index contributed by atoms with van der Waals surface area (Å²) in [6, 6.07) is 7.19. The first-order valence-electron chi connectivity index (χ1n) is 8.58. The van der Waals surface area contributed by atoms with E-state index in [1.807, 2.05) is 46.8 Å². The topological polar surface area (TPSA) is 85.2 Å². The SMILES string of the molecule is CCCCC(CC)(OOC(C)(C)C)C(=O)O.Cc1cccc(OO)c1. The van der Waals surface area contributed by atoms with Gasteiger partial charge in [0.05, 0.1) is 5.60 Å². The van der Waals surface area contributed by atoms with E-state index in [-0.39, 0.29) is 0 Å². The van der Waals surface area contributed by atoms with Gasteiger partial charge in [0.15, 0.2) is 11.4 Å². The van der Waals surface area contributed by atoms with Crippen molar-refractivity contribution in [3.63, 3.8) is 0 Å². The summed E-state index contributed by atoms with van der Waals surface area (Å²) in [5.41, 5.74) is -0.632. The predicted octanol–water partition coefficient (Wildman–Crippen LogP) is 5.00. The number of aryl methyl sites for hydroxylation is 1. The van der Waals surface area contributed by atoms with Crippen LogP contribution in [0, 0.1) is 6.92 Å². The molecule has 1 aromatic rings. The van der Waals surface area contributed by atoms with Gasteiger partial charge in [-0.25, -0.2) is 19.8 Å². The molecule has 6 heteroatoms. The van der Waals surface area contributed by atoms with Gasteiger partial charge in [-0.1, -0.05) is 38.8 Å². The number of benzene rings is 1. The van der Waals surface area contributed by atoms with E-state index in [2.05, 4.69) is 4.89 Å². The second kappa shape index (κ2) is 11.1. The van der Waals surface area contributed by atoms with E-state index in [4.69, 9.17) is 15.0 Å². The van der Waals surface area contributed by atoms with Gasteiger partial charge in [-0.3, -0.25) is 0 Å². The van der Waals surface area contributed by atoms with Crippen LogP contribution in [0.1, 0.15) is 65.9 Å². The Labute approximate surface area is 150 Å². The lowest BCUT2D eigenvalue weighted by atomic mass is 9.94. The molecule has 0 bridgehead atoms. The number of rotatable bonds is 8. The summed E-state index contributed by atoms with van der Waals surface area (Å²) < 4.78 is 0. The number of carboxylic acid groups (broad SMARTS) is 1. The Morgan fingerprint density at radius 1 is 1.16 bits per heavy atom. The maximum atomic E-state index is 11.3. The Kier molecular flexibility index (Phi) is 10.4. The van der Waals surface area contributed by atoms with Gasteiger partial charge in [-0.2, -0.15) is 0 Å². The molecule has 6 nitrogen and oxygen atoms in total. The van der Waals surface area contributed by atoms with Gasteiger partial charge in [0, 0.05) is 0 Å². The van der Waals surface area contributed by atoms with Crippen LogP contribution in [-0.2, 0) is 14.6 Å². The molecule has 0 aliphatic heterocycles. The first kappa shape index (κ1) is 23.4. The van der Waals surface area contributed by atoms with E-state index in [0.717, 1.165) is 18.4 Å². The second-order valence-corrected chi connectivity index (χ2v) is 6.94. The number of carbonyl (C=O) groups is 1. The maximum Gasteiger partial charge on any atom is 0.339 e. The van der Waals surface area contributed by atoms with E-state index in [0.29, 0.717) is 18.6 Å². The van der Waals surface area contributed by atoms with Crippen LogP contribution in [0.3, 0.4) is 0 Å². The molecular formula is C19H32O6. The van der Waals surface area contributed by atoms with Crippen molar-refractivity contribution >= 4 is 5.97 Å². The molecule has 1 atom stereocenters. The fourth-order valence-corrected chi connectivity index (χ4v) is 1.91. The molecule has 2 N–H and O–H groups in total. The molecule has 0 spiro atoms. The Hall–Kier alpha value is -1.63. The third-order valence-corrected chi connectivity index (χ3v) is 3.44. The third kappa shape index (κ3) is 9.43. The zero-order chi connectivity index (χ0) is 19.5. The van der Waals surface area contributed by atoms with Gasteiger partial charge in [0.1, 0.15) is 0 Å². The minimum absolute atomic E-state index is 0.401. The Morgan fingerprint density at radius 2 is 1.80 bits per heavy atom. The largest absolute Gasteiger partial charge is 0.479 e. The molecule has 1 aromatic carbocycles. The summed E-state index contributed by atoms with van der Waals surface area (Å²) in [5.74, 6) is -0.470. The molecule has 25 heavy (non-hydrogen) atoms. The van der Waals surface area contributed by atoms with Crippen LogP contribution in [0.15, 0.2) is 24.3 Å². The molecule has 0 heterocycles. The Balaban J connectivity index is 0.000000535. The third-order valence-electron chi connectivity index (χ3n) is 3.44. The van der Waals surface area contributed by atoms with Gasteiger partial charge >= 0.3 is 5.97 Å². The quantitative estimate of drug-likeness (QED) is 0.503. The van der Waals surface area contributed by atoms with Gasteiger partial charge in [0.2, 0.25) is 0 Å². The highest BCUT2D eigenvalue weighted by Crippen LogP contribution is 2.26. The van der Waals surface area contributed by atoms with Crippen LogP contribution in [0.2, 0.25) is 0 Å². The zero-order valence-corrected chi connectivity index (χ0v) is 16.2. The van der Waals surface area contributed by atoms with E-state index >= 15 is 0 Å². The van der Waals surface area contributed by atoms with Crippen LogP contribution in [-0.4, -0.2) is 27.5 Å². The van der Waals surface area contributed by atoms with Crippen LogP contribution < -0.4 is 4.89 Å². The predicted molar refractivity (Wildman–Crippen MR) is 96.5 cm³/mol. The van der Waals surface area contributed by atoms with Gasteiger partial charge < -0.3 is 9.99 Å². The molecule has 0 saturated carbocycles. The molecule has 0 amide bonds. The summed E-state index contributed by atoms with van der Waals surface area (Å²) in [4.78, 5) is 25.6. The minimum atomic E-state index is -1.21. The summed E-state index contributed by atoms with van der Waals surface area (Å²) >= 11 is 0. The van der Waals surface area contributed by atoms with Crippen molar-refractivity contribution < 1.29 is 29.8 Å². The van der Waals surface area contributed by atoms with Crippen molar-refractivity contribution in [1.82, 2.24) is 0 Å². The molecule has 0 aromatic heterocycles. The lowest BCUT2D eigenvalue weighted by molar-refractivity contribution is -0.398. The van der Waals surface area contributed by atoms with Crippen molar-refractivity contribution in [2.75, 3.05) is 0 Å². The Bertz CT molecular complexity index is 509. The van der Waals surface area contributed by atoms with Gasteiger partial charge in [-0.15, -0.1) is 0 Å². The Morgan fingerprint density at radius 3 is 2.16 bits per heavy atom. The summed E-state index contributed by atoms with van der Waals surface area (Å²) in [5, 5.41) is 17.4. The molecule has 0 radical (unpaired) electrons. The number of aliphatic carboxylic acids is 1. The van der Waals surface area contributed by atoms with Crippen molar-refractivity contribution in [2.45, 2.75) is 78.4 Å². The molecule has 0 fully saturated rings. The van der Waals surface area contributed by atoms with Gasteiger partial charge in [0.25, 0.3) is 0 Å². The average molecular weight is 356 g/mol. The van der Waals surface area contributed by atoms with E-state index in [1.54, 1.807) is 19.1 Å². The summed E-state index contributed by atoms with van der Waals surface area (Å²) in [6.45, 7) is 11.2. The number of hydrogen-bond donors (Lipinski definition) is 2. The first-order valence-corrected chi connectivity index (χ1v) is 8.58. The normalized spacial score (nSPS) is 13.4.